The molecule has 98 valence electrons. The van der Waals surface area contributed by atoms with Crippen molar-refractivity contribution in [2.45, 2.75) is 31.2 Å². The molecule has 0 atom stereocenters. The standard InChI is InChI=1S/C13H14Cl3NO/c14-8-13(4-1-5-13)17-12(18)7-9-2-3-10(15)11(16)6-9/h2-3,6H,1,4-5,7-8H2,(H,17,18). The Kier molecular flexibility index (Phi) is 4.41. The van der Waals surface area contributed by atoms with Crippen molar-refractivity contribution < 1.29 is 4.79 Å². The summed E-state index contributed by atoms with van der Waals surface area (Å²) < 4.78 is 0. The highest BCUT2D eigenvalue weighted by atomic mass is 35.5. The fraction of sp³-hybridized carbons (Fsp3) is 0.462. The highest BCUT2D eigenvalue weighted by molar-refractivity contribution is 6.42. The highest BCUT2D eigenvalue weighted by Crippen LogP contribution is 2.33. The molecule has 0 saturated heterocycles. The van der Waals surface area contributed by atoms with Gasteiger partial charge in [-0.1, -0.05) is 29.3 Å². The van der Waals surface area contributed by atoms with Crippen LogP contribution in [0.3, 0.4) is 0 Å². The molecule has 0 spiro atoms. The van der Waals surface area contributed by atoms with E-state index in [1.807, 2.05) is 6.07 Å². The fourth-order valence-electron chi connectivity index (χ4n) is 2.07. The number of hydrogen-bond acceptors (Lipinski definition) is 1. The first-order valence-corrected chi connectivity index (χ1v) is 7.15. The van der Waals surface area contributed by atoms with E-state index < -0.39 is 0 Å². The third kappa shape index (κ3) is 3.11. The molecule has 0 radical (unpaired) electrons. The lowest BCUT2D eigenvalue weighted by Gasteiger charge is -2.41. The Morgan fingerprint density at radius 2 is 2.00 bits per heavy atom. The van der Waals surface area contributed by atoms with Crippen molar-refractivity contribution in [1.82, 2.24) is 5.32 Å². The minimum Gasteiger partial charge on any atom is -0.349 e. The van der Waals surface area contributed by atoms with Crippen molar-refractivity contribution in [3.63, 3.8) is 0 Å². The lowest BCUT2D eigenvalue weighted by molar-refractivity contribution is -0.123. The molecule has 2 nitrogen and oxygen atoms in total. The quantitative estimate of drug-likeness (QED) is 0.842. The van der Waals surface area contributed by atoms with Crippen LogP contribution in [0.2, 0.25) is 10.0 Å². The van der Waals surface area contributed by atoms with Crippen molar-refractivity contribution in [2.24, 2.45) is 0 Å². The summed E-state index contributed by atoms with van der Waals surface area (Å²) in [6, 6.07) is 5.23. The molecule has 0 bridgehead atoms. The summed E-state index contributed by atoms with van der Waals surface area (Å²) >= 11 is 17.6. The summed E-state index contributed by atoms with van der Waals surface area (Å²) in [5.41, 5.74) is 0.667. The Balaban J connectivity index is 1.96. The Morgan fingerprint density at radius 3 is 2.50 bits per heavy atom. The SMILES string of the molecule is O=C(Cc1ccc(Cl)c(Cl)c1)NC1(CCl)CCC1. The van der Waals surface area contributed by atoms with Gasteiger partial charge >= 0.3 is 0 Å². The summed E-state index contributed by atoms with van der Waals surface area (Å²) in [7, 11) is 0. The molecule has 0 heterocycles. The molecule has 18 heavy (non-hydrogen) atoms. The van der Waals surface area contributed by atoms with Gasteiger partial charge in [-0.3, -0.25) is 4.79 Å². The summed E-state index contributed by atoms with van der Waals surface area (Å²) in [6.07, 6.45) is 3.35. The van der Waals surface area contributed by atoms with Crippen molar-refractivity contribution in [3.05, 3.63) is 33.8 Å². The molecule has 2 rings (SSSR count). The van der Waals surface area contributed by atoms with Crippen LogP contribution >= 0.6 is 34.8 Å². The number of nitrogens with one attached hydrogen (secondary N) is 1. The van der Waals surface area contributed by atoms with Gasteiger partial charge < -0.3 is 5.32 Å². The molecule has 0 unspecified atom stereocenters. The number of halogens is 3. The minimum atomic E-state index is -0.186. The number of carbonyl (C=O) groups excluding carboxylic acids is 1. The van der Waals surface area contributed by atoms with Crippen LogP contribution in [0, 0.1) is 0 Å². The van der Waals surface area contributed by atoms with Crippen LogP contribution in [0.15, 0.2) is 18.2 Å². The molecular weight excluding hydrogens is 293 g/mol. The van der Waals surface area contributed by atoms with Gasteiger partial charge in [0.25, 0.3) is 0 Å². The summed E-state index contributed by atoms with van der Waals surface area (Å²) in [5, 5.41) is 3.98. The number of rotatable bonds is 4. The average Bonchev–Trinajstić information content (AvgIpc) is 2.29. The Bertz CT molecular complexity index is 452. The lowest BCUT2D eigenvalue weighted by Crippen LogP contribution is -2.55. The molecule has 1 amide bonds. The van der Waals surface area contributed by atoms with Crippen LogP contribution in [-0.2, 0) is 11.2 Å². The van der Waals surface area contributed by atoms with Crippen LogP contribution in [0.25, 0.3) is 0 Å². The van der Waals surface area contributed by atoms with E-state index in [1.54, 1.807) is 12.1 Å². The van der Waals surface area contributed by atoms with Gasteiger partial charge in [0.1, 0.15) is 0 Å². The maximum absolute atomic E-state index is 11.9. The zero-order valence-corrected chi connectivity index (χ0v) is 12.1. The van der Waals surface area contributed by atoms with E-state index in [2.05, 4.69) is 5.32 Å². The first-order chi connectivity index (χ1) is 8.54. The van der Waals surface area contributed by atoms with Crippen molar-refractivity contribution in [2.75, 3.05) is 5.88 Å². The van der Waals surface area contributed by atoms with Gasteiger partial charge in [-0.15, -0.1) is 11.6 Å². The third-order valence-electron chi connectivity index (χ3n) is 3.32. The molecule has 5 heteroatoms. The van der Waals surface area contributed by atoms with Crippen molar-refractivity contribution >= 4 is 40.7 Å². The van der Waals surface area contributed by atoms with E-state index >= 15 is 0 Å². The Hall–Kier alpha value is -0.440. The summed E-state index contributed by atoms with van der Waals surface area (Å²) in [6.45, 7) is 0. The zero-order valence-electron chi connectivity index (χ0n) is 9.81. The van der Waals surface area contributed by atoms with Gasteiger partial charge in [0, 0.05) is 5.88 Å². The lowest BCUT2D eigenvalue weighted by atomic mass is 9.78. The fourth-order valence-corrected chi connectivity index (χ4v) is 2.73. The predicted molar refractivity (Wildman–Crippen MR) is 75.6 cm³/mol. The number of benzene rings is 1. The average molecular weight is 307 g/mol. The van der Waals surface area contributed by atoms with Crippen LogP contribution < -0.4 is 5.32 Å². The third-order valence-corrected chi connectivity index (χ3v) is 4.57. The second kappa shape index (κ2) is 5.68. The maximum Gasteiger partial charge on any atom is 0.224 e. The smallest absolute Gasteiger partial charge is 0.224 e. The number of alkyl halides is 1. The first-order valence-electron chi connectivity index (χ1n) is 5.86. The van der Waals surface area contributed by atoms with Crippen molar-refractivity contribution in [1.29, 1.82) is 0 Å². The molecule has 0 aromatic heterocycles. The van der Waals surface area contributed by atoms with E-state index in [0.29, 0.717) is 22.3 Å². The van der Waals surface area contributed by atoms with Gasteiger partial charge in [-0.2, -0.15) is 0 Å². The molecule has 1 aromatic carbocycles. The molecule has 1 fully saturated rings. The van der Waals surface area contributed by atoms with E-state index in [-0.39, 0.29) is 11.4 Å². The summed E-state index contributed by atoms with van der Waals surface area (Å²) in [5.74, 6) is 0.453. The zero-order chi connectivity index (χ0) is 13.2. The van der Waals surface area contributed by atoms with Gasteiger partial charge in [0.05, 0.1) is 22.0 Å². The van der Waals surface area contributed by atoms with Gasteiger partial charge in [-0.05, 0) is 37.0 Å². The number of amides is 1. The number of hydrogen-bond donors (Lipinski definition) is 1. The molecule has 1 aliphatic carbocycles. The van der Waals surface area contributed by atoms with Crippen LogP contribution in [0.4, 0.5) is 0 Å². The van der Waals surface area contributed by atoms with E-state index in [9.17, 15) is 4.79 Å². The van der Waals surface area contributed by atoms with Crippen molar-refractivity contribution in [3.8, 4) is 0 Å². The van der Waals surface area contributed by atoms with Gasteiger partial charge in [-0.25, -0.2) is 0 Å². The molecular formula is C13H14Cl3NO. The van der Waals surface area contributed by atoms with Crippen LogP contribution in [-0.4, -0.2) is 17.3 Å². The maximum atomic E-state index is 11.9. The van der Waals surface area contributed by atoms with Crippen LogP contribution in [0.1, 0.15) is 24.8 Å². The van der Waals surface area contributed by atoms with Gasteiger partial charge in [0.2, 0.25) is 5.91 Å². The topological polar surface area (TPSA) is 29.1 Å². The second-order valence-electron chi connectivity index (χ2n) is 4.74. The van der Waals surface area contributed by atoms with E-state index in [4.69, 9.17) is 34.8 Å². The normalized spacial score (nSPS) is 17.1. The predicted octanol–water partition coefficient (Wildman–Crippen LogP) is 3.81. The Labute approximate surface area is 122 Å². The first kappa shape index (κ1) is 14.0. The van der Waals surface area contributed by atoms with Crippen LogP contribution in [0.5, 0.6) is 0 Å². The molecule has 1 aromatic rings. The largest absolute Gasteiger partial charge is 0.349 e. The highest BCUT2D eigenvalue weighted by Gasteiger charge is 2.37. The monoisotopic (exact) mass is 305 g/mol. The molecule has 0 aliphatic heterocycles. The van der Waals surface area contributed by atoms with Gasteiger partial charge in [0.15, 0.2) is 0 Å². The second-order valence-corrected chi connectivity index (χ2v) is 5.82. The minimum absolute atomic E-state index is 0.0197. The molecule has 1 N–H and O–H groups in total. The molecule has 1 aliphatic rings. The van der Waals surface area contributed by atoms with E-state index in [0.717, 1.165) is 24.8 Å². The molecule has 1 saturated carbocycles. The Morgan fingerprint density at radius 1 is 1.28 bits per heavy atom. The number of carbonyl (C=O) groups is 1. The van der Waals surface area contributed by atoms with E-state index in [1.165, 1.54) is 0 Å². The summed E-state index contributed by atoms with van der Waals surface area (Å²) in [4.78, 5) is 11.9.